The number of hydrogen-bond donors (Lipinski definition) is 1. The second kappa shape index (κ2) is 10.9. The third-order valence-corrected chi connectivity index (χ3v) is 15.4. The van der Waals surface area contributed by atoms with Gasteiger partial charge in [0.05, 0.1) is 37.6 Å². The number of hydrogen-bond acceptors (Lipinski definition) is 16. The lowest BCUT2D eigenvalue weighted by molar-refractivity contribution is -0.486. The van der Waals surface area contributed by atoms with Crippen molar-refractivity contribution < 1.29 is 76.1 Å². The highest BCUT2D eigenvalue weighted by atomic mass is 16.9. The van der Waals surface area contributed by atoms with E-state index in [1.54, 1.807) is 33.8 Å². The minimum Gasteiger partial charge on any atom is -0.472 e. The quantitative estimate of drug-likeness (QED) is 0.218. The molecule has 1 N–H and O–H groups in total. The van der Waals surface area contributed by atoms with Crippen LogP contribution in [-0.4, -0.2) is 101 Å². The van der Waals surface area contributed by atoms with Gasteiger partial charge in [-0.2, -0.15) is 0 Å². The first-order valence-corrected chi connectivity index (χ1v) is 19.1. The smallest absolute Gasteiger partial charge is 0.341 e. The Morgan fingerprint density at radius 2 is 1.71 bits per heavy atom. The number of ether oxygens (including phenoxy) is 9. The maximum Gasteiger partial charge on any atom is 0.341 e. The number of furan rings is 1. The summed E-state index contributed by atoms with van der Waals surface area (Å²) < 4.78 is 63.0. The van der Waals surface area contributed by atoms with Gasteiger partial charge in [-0.05, 0) is 45.1 Å². The fourth-order valence-electron chi connectivity index (χ4n) is 13.3. The van der Waals surface area contributed by atoms with Crippen molar-refractivity contribution in [3.63, 3.8) is 0 Å². The Morgan fingerprint density at radius 3 is 2.33 bits per heavy atom. The average Bonchev–Trinajstić information content (AvgIpc) is 3.47. The van der Waals surface area contributed by atoms with Gasteiger partial charge in [0.2, 0.25) is 0 Å². The van der Waals surface area contributed by atoms with Crippen molar-refractivity contribution in [1.29, 1.82) is 0 Å². The molecule has 4 saturated carbocycles. The molecule has 55 heavy (non-hydrogen) atoms. The van der Waals surface area contributed by atoms with E-state index in [0.29, 0.717) is 5.56 Å². The minimum atomic E-state index is -2.40. The van der Waals surface area contributed by atoms with Crippen LogP contribution in [0.3, 0.4) is 0 Å². The number of carbonyl (C=O) groups excluding carboxylic acids is 5. The first kappa shape index (κ1) is 37.0. The summed E-state index contributed by atoms with van der Waals surface area (Å²) in [5.74, 6) is -7.04. The molecule has 1 aromatic heterocycles. The van der Waals surface area contributed by atoms with Gasteiger partial charge in [-0.15, -0.1) is 0 Å². The molecule has 0 radical (unpaired) electrons. The fourth-order valence-corrected chi connectivity index (χ4v) is 13.3. The zero-order valence-electron chi connectivity index (χ0n) is 32.2. The highest BCUT2D eigenvalue weighted by Crippen LogP contribution is 2.90. The summed E-state index contributed by atoms with van der Waals surface area (Å²) >= 11 is 0. The van der Waals surface area contributed by atoms with Crippen LogP contribution in [0.5, 0.6) is 0 Å². The van der Waals surface area contributed by atoms with Crippen molar-refractivity contribution in [2.45, 2.75) is 145 Å². The zero-order valence-corrected chi connectivity index (χ0v) is 32.2. The van der Waals surface area contributed by atoms with E-state index in [1.807, 2.05) is 13.8 Å². The van der Waals surface area contributed by atoms with Gasteiger partial charge < -0.3 is 52.2 Å². The van der Waals surface area contributed by atoms with Gasteiger partial charge in [-0.3, -0.25) is 19.2 Å². The van der Waals surface area contributed by atoms with Crippen LogP contribution in [0.25, 0.3) is 0 Å². The fraction of sp³-hybridized carbons (Fsp3) is 0.769. The first-order valence-electron chi connectivity index (χ1n) is 19.1. The van der Waals surface area contributed by atoms with E-state index in [0.717, 1.165) is 0 Å². The Kier molecular flexibility index (Phi) is 7.32. The van der Waals surface area contributed by atoms with Gasteiger partial charge in [0.15, 0.2) is 17.3 Å². The van der Waals surface area contributed by atoms with Gasteiger partial charge in [0, 0.05) is 49.0 Å². The van der Waals surface area contributed by atoms with Gasteiger partial charge in [0.1, 0.15) is 35.6 Å². The summed E-state index contributed by atoms with van der Waals surface area (Å²) in [6, 6.07) is 1.65. The number of methoxy groups -OCH3 is 1. The van der Waals surface area contributed by atoms with Crippen LogP contribution in [0.2, 0.25) is 0 Å². The molecule has 9 rings (SSSR count). The topological polar surface area (TPSA) is 205 Å². The Bertz CT molecular complexity index is 1900. The summed E-state index contributed by atoms with van der Waals surface area (Å²) in [6.07, 6.45) is -2.12. The molecule has 8 fully saturated rings. The molecule has 0 amide bonds. The number of aliphatic hydroxyl groups is 1. The van der Waals surface area contributed by atoms with Gasteiger partial charge >= 0.3 is 29.8 Å². The van der Waals surface area contributed by atoms with Crippen molar-refractivity contribution in [2.24, 2.45) is 28.1 Å². The van der Waals surface area contributed by atoms with Gasteiger partial charge in [-0.25, -0.2) is 4.79 Å². The number of carbonyl (C=O) groups is 5. The van der Waals surface area contributed by atoms with Crippen LogP contribution >= 0.6 is 0 Å². The van der Waals surface area contributed by atoms with Crippen LogP contribution in [0, 0.1) is 28.1 Å². The summed E-state index contributed by atoms with van der Waals surface area (Å²) in [4.78, 5) is 68.2. The molecule has 8 aliphatic rings. The molecular weight excluding hydrogens is 724 g/mol. The van der Waals surface area contributed by atoms with E-state index in [-0.39, 0.29) is 38.7 Å². The van der Waals surface area contributed by atoms with Crippen molar-refractivity contribution in [1.82, 2.24) is 0 Å². The highest BCUT2D eigenvalue weighted by Gasteiger charge is 3.05. The van der Waals surface area contributed by atoms with E-state index >= 15 is 0 Å². The van der Waals surface area contributed by atoms with Crippen LogP contribution in [0.1, 0.15) is 98.7 Å². The Hall–Kier alpha value is -3.57. The lowest BCUT2D eigenvalue weighted by Gasteiger charge is -2.77. The predicted octanol–water partition coefficient (Wildman–Crippen LogP) is 2.96. The maximum absolute atomic E-state index is 14.1. The van der Waals surface area contributed by atoms with Crippen LogP contribution in [0.15, 0.2) is 23.0 Å². The van der Waals surface area contributed by atoms with Crippen LogP contribution < -0.4 is 0 Å². The molecular formula is C39H48O16. The van der Waals surface area contributed by atoms with Crippen molar-refractivity contribution in [3.05, 3.63) is 24.2 Å². The lowest BCUT2D eigenvalue weighted by Crippen LogP contribution is -2.95. The molecule has 4 aliphatic carbocycles. The monoisotopic (exact) mass is 772 g/mol. The van der Waals surface area contributed by atoms with E-state index in [4.69, 9.17) is 47.0 Å². The number of rotatable bonds is 9. The van der Waals surface area contributed by atoms with Crippen molar-refractivity contribution >= 4 is 29.8 Å². The molecule has 0 aromatic carbocycles. The first-order chi connectivity index (χ1) is 25.7. The normalized spacial score (nSPS) is 51.0. The third kappa shape index (κ3) is 3.93. The molecule has 4 bridgehead atoms. The van der Waals surface area contributed by atoms with Gasteiger partial charge in [0.25, 0.3) is 5.97 Å². The van der Waals surface area contributed by atoms with Crippen molar-refractivity contribution in [2.75, 3.05) is 13.7 Å². The number of esters is 5. The van der Waals surface area contributed by atoms with E-state index in [1.165, 1.54) is 26.6 Å². The largest absolute Gasteiger partial charge is 0.472 e. The molecule has 1 aromatic rings. The highest BCUT2D eigenvalue weighted by molar-refractivity contribution is 5.83. The molecule has 4 saturated heterocycles. The lowest BCUT2D eigenvalue weighted by atomic mass is 9.33. The Labute approximate surface area is 317 Å². The maximum atomic E-state index is 14.1. The summed E-state index contributed by atoms with van der Waals surface area (Å²) in [6.45, 7) is 11.2. The Morgan fingerprint density at radius 1 is 1.00 bits per heavy atom. The van der Waals surface area contributed by atoms with Gasteiger partial charge in [-0.1, -0.05) is 20.8 Å². The summed E-state index contributed by atoms with van der Waals surface area (Å²) in [7, 11) is 1.24. The van der Waals surface area contributed by atoms with E-state index < -0.39 is 123 Å². The molecule has 300 valence electrons. The number of epoxide rings is 1. The molecule has 16 heteroatoms. The predicted molar refractivity (Wildman–Crippen MR) is 179 cm³/mol. The summed E-state index contributed by atoms with van der Waals surface area (Å²) in [5.41, 5.74) is -12.4. The van der Waals surface area contributed by atoms with Crippen LogP contribution in [0.4, 0.5) is 0 Å². The second-order valence-corrected chi connectivity index (χ2v) is 17.8. The molecule has 5 heterocycles. The SMILES string of the molecule is CCC(=O)OC1C2(O)C(OC(=O)[C@@]3(C)O[C@@H]3C)[C@@]3(C)CC24OC2(C)O[C@@]5(CC[C@](C)([C@H](OC(C)=O)c6ccoc6)[C@@H](CC(=O)OC)[C@]15O2)[C@@]41COC(=O)C[C@@H]31. The zero-order chi connectivity index (χ0) is 39.6. The molecule has 5 unspecified atom stereocenters. The molecule has 15 atom stereocenters. The number of fused-ring (bicyclic) bond motifs is 3. The number of cyclic esters (lactones) is 1. The average molecular weight is 773 g/mol. The molecule has 4 aliphatic heterocycles. The summed E-state index contributed by atoms with van der Waals surface area (Å²) in [5, 5.41) is 14.1. The standard InChI is InChI=1S/C39H48O16/c1-9-24(41)50-29-38(45)28(51-30(44)33(6)19(2)52-33)32(5)17-37(38)35(18-48-26(43)14-22(32)35)36-12-11-31(4,27(49-20(3)40)21-10-13-47-16-21)23(15-25(42)46-8)39(29,36)55-34(7,53-36)54-37/h10,13,16,19,22-23,27-29,45H,9,11-12,14-15,17-18H2,1-8H3/t19-,22+,23-,27-,28?,29?,31+,32+,33+,34?,35+,36+,37?,38?,39+/m1/s1. The van der Waals surface area contributed by atoms with Crippen LogP contribution in [-0.2, 0) is 66.6 Å². The minimum absolute atomic E-state index is 0.0488. The van der Waals surface area contributed by atoms with E-state index in [2.05, 4.69) is 0 Å². The molecule has 3 spiro atoms. The van der Waals surface area contributed by atoms with E-state index in [9.17, 15) is 29.1 Å². The Balaban J connectivity index is 1.36. The second-order valence-electron chi connectivity index (χ2n) is 17.8. The van der Waals surface area contributed by atoms with Crippen molar-refractivity contribution in [3.8, 4) is 0 Å². The third-order valence-electron chi connectivity index (χ3n) is 15.4. The molecule has 16 nitrogen and oxygen atoms in total.